The molecule has 1 aliphatic heterocycles. The highest BCUT2D eigenvalue weighted by molar-refractivity contribution is 5.80. The molecule has 0 bridgehead atoms. The molecule has 1 aromatic heterocycles. The minimum atomic E-state index is -0.225. The predicted octanol–water partition coefficient (Wildman–Crippen LogP) is 2.74. The summed E-state index contributed by atoms with van der Waals surface area (Å²) in [5, 5.41) is 4.33. The molecule has 0 aliphatic carbocycles. The van der Waals surface area contributed by atoms with Crippen molar-refractivity contribution < 1.29 is 0 Å². The molecule has 0 saturated heterocycles. The van der Waals surface area contributed by atoms with Crippen LogP contribution in [0.3, 0.4) is 0 Å². The Morgan fingerprint density at radius 1 is 0.870 bits per heavy atom. The number of anilines is 1. The summed E-state index contributed by atoms with van der Waals surface area (Å²) in [7, 11) is 0. The second-order valence-corrected chi connectivity index (χ2v) is 5.96. The van der Waals surface area contributed by atoms with E-state index >= 15 is 0 Å². The number of benzene rings is 2. The SMILES string of the molecule is CC1CC(Nc2ccccc2)n2c(=O)c3ccccc3c(=O)n21. The van der Waals surface area contributed by atoms with Crippen LogP contribution < -0.4 is 16.4 Å². The normalized spacial score (nSPS) is 19.7. The highest BCUT2D eigenvalue weighted by Crippen LogP contribution is 2.28. The zero-order valence-electron chi connectivity index (χ0n) is 12.8. The van der Waals surface area contributed by atoms with Gasteiger partial charge in [0.1, 0.15) is 6.17 Å². The molecule has 5 nitrogen and oxygen atoms in total. The lowest BCUT2D eigenvalue weighted by Crippen LogP contribution is -2.38. The second kappa shape index (κ2) is 5.12. The van der Waals surface area contributed by atoms with Crippen LogP contribution in [0.25, 0.3) is 10.8 Å². The Balaban J connectivity index is 1.92. The first-order valence-electron chi connectivity index (χ1n) is 7.74. The standard InChI is InChI=1S/C18H17N3O2/c1-12-11-16(19-13-7-3-2-4-8-13)21-18(23)15-10-6-5-9-14(15)17(22)20(12)21/h2-10,12,16,19H,11H2,1H3. The van der Waals surface area contributed by atoms with Crippen molar-refractivity contribution in [2.24, 2.45) is 0 Å². The summed E-state index contributed by atoms with van der Waals surface area (Å²) in [6.07, 6.45) is 0.470. The third-order valence-electron chi connectivity index (χ3n) is 4.42. The molecule has 1 aliphatic rings. The van der Waals surface area contributed by atoms with E-state index in [1.807, 2.05) is 37.3 Å². The van der Waals surface area contributed by atoms with Gasteiger partial charge >= 0.3 is 0 Å². The fourth-order valence-electron chi connectivity index (χ4n) is 3.37. The first-order valence-corrected chi connectivity index (χ1v) is 7.74. The van der Waals surface area contributed by atoms with Gasteiger partial charge in [-0.1, -0.05) is 30.3 Å². The van der Waals surface area contributed by atoms with Gasteiger partial charge in [-0.3, -0.25) is 9.59 Å². The van der Waals surface area contributed by atoms with Crippen molar-refractivity contribution in [2.75, 3.05) is 5.32 Å². The van der Waals surface area contributed by atoms with Crippen LogP contribution in [0, 0.1) is 0 Å². The highest BCUT2D eigenvalue weighted by atomic mass is 16.2. The van der Waals surface area contributed by atoms with Gasteiger partial charge in [0.05, 0.1) is 16.8 Å². The summed E-state index contributed by atoms with van der Waals surface area (Å²) in [5.74, 6) is 0. The molecule has 116 valence electrons. The Bertz CT molecular complexity index is 989. The van der Waals surface area contributed by atoms with Crippen LogP contribution in [0.15, 0.2) is 64.2 Å². The quantitative estimate of drug-likeness (QED) is 0.792. The maximum Gasteiger partial charge on any atom is 0.275 e. The molecule has 0 spiro atoms. The van der Waals surface area contributed by atoms with Crippen molar-refractivity contribution in [1.29, 1.82) is 0 Å². The van der Waals surface area contributed by atoms with Gasteiger partial charge in [0.15, 0.2) is 0 Å². The molecule has 2 unspecified atom stereocenters. The van der Waals surface area contributed by atoms with E-state index in [0.717, 1.165) is 5.69 Å². The van der Waals surface area contributed by atoms with E-state index in [0.29, 0.717) is 17.2 Å². The molecule has 0 radical (unpaired) electrons. The smallest absolute Gasteiger partial charge is 0.275 e. The van der Waals surface area contributed by atoms with Gasteiger partial charge in [-0.2, -0.15) is 0 Å². The van der Waals surface area contributed by atoms with Crippen LogP contribution in [0.5, 0.6) is 0 Å². The summed E-state index contributed by atoms with van der Waals surface area (Å²) < 4.78 is 3.16. The summed E-state index contributed by atoms with van der Waals surface area (Å²) in [4.78, 5) is 25.6. The van der Waals surface area contributed by atoms with Crippen LogP contribution in [-0.2, 0) is 0 Å². The van der Waals surface area contributed by atoms with Crippen LogP contribution in [0.2, 0.25) is 0 Å². The van der Waals surface area contributed by atoms with Gasteiger partial charge in [-0.05, 0) is 31.2 Å². The molecular weight excluding hydrogens is 290 g/mol. The number of para-hydroxylation sites is 1. The van der Waals surface area contributed by atoms with Gasteiger partial charge < -0.3 is 5.32 Å². The topological polar surface area (TPSA) is 56.0 Å². The van der Waals surface area contributed by atoms with Gasteiger partial charge in [0, 0.05) is 12.1 Å². The summed E-state index contributed by atoms with van der Waals surface area (Å²) >= 11 is 0. The van der Waals surface area contributed by atoms with E-state index in [-0.39, 0.29) is 23.3 Å². The minimum Gasteiger partial charge on any atom is -0.364 e. The number of nitrogens with one attached hydrogen (secondary N) is 1. The lowest BCUT2D eigenvalue weighted by atomic mass is 10.2. The number of hydrogen-bond acceptors (Lipinski definition) is 3. The van der Waals surface area contributed by atoms with Crippen LogP contribution >= 0.6 is 0 Å². The van der Waals surface area contributed by atoms with E-state index in [2.05, 4.69) is 5.32 Å². The lowest BCUT2D eigenvalue weighted by molar-refractivity contribution is 0.476. The number of fused-ring (bicyclic) bond motifs is 2. The zero-order chi connectivity index (χ0) is 16.0. The molecule has 0 fully saturated rings. The molecule has 4 rings (SSSR count). The fraction of sp³-hybridized carbons (Fsp3) is 0.222. The molecule has 0 saturated carbocycles. The molecule has 2 aromatic carbocycles. The van der Waals surface area contributed by atoms with Crippen LogP contribution in [0.4, 0.5) is 5.69 Å². The number of rotatable bonds is 2. The highest BCUT2D eigenvalue weighted by Gasteiger charge is 2.30. The third-order valence-corrected chi connectivity index (χ3v) is 4.42. The molecule has 23 heavy (non-hydrogen) atoms. The number of nitrogens with zero attached hydrogens (tertiary/aromatic N) is 2. The van der Waals surface area contributed by atoms with Crippen LogP contribution in [0.1, 0.15) is 25.6 Å². The Kier molecular flexibility index (Phi) is 3.08. The van der Waals surface area contributed by atoms with Crippen molar-refractivity contribution in [2.45, 2.75) is 25.6 Å². The van der Waals surface area contributed by atoms with E-state index in [1.54, 1.807) is 33.6 Å². The number of aromatic nitrogens is 2. The Labute approximate surface area is 132 Å². The molecule has 2 heterocycles. The van der Waals surface area contributed by atoms with E-state index < -0.39 is 0 Å². The van der Waals surface area contributed by atoms with Gasteiger partial charge in [0.2, 0.25) is 0 Å². The molecule has 3 aromatic rings. The molecular formula is C18H17N3O2. The van der Waals surface area contributed by atoms with Crippen molar-refractivity contribution in [1.82, 2.24) is 9.36 Å². The second-order valence-electron chi connectivity index (χ2n) is 5.96. The maximum atomic E-state index is 12.9. The maximum absolute atomic E-state index is 12.9. The predicted molar refractivity (Wildman–Crippen MR) is 90.9 cm³/mol. The molecule has 0 amide bonds. The van der Waals surface area contributed by atoms with Crippen molar-refractivity contribution in [3.8, 4) is 0 Å². The average molecular weight is 307 g/mol. The Morgan fingerprint density at radius 3 is 2.09 bits per heavy atom. The first-order chi connectivity index (χ1) is 11.2. The zero-order valence-corrected chi connectivity index (χ0v) is 12.8. The Morgan fingerprint density at radius 2 is 1.43 bits per heavy atom. The third kappa shape index (κ3) is 2.08. The molecule has 2 atom stereocenters. The van der Waals surface area contributed by atoms with Gasteiger partial charge in [0.25, 0.3) is 11.1 Å². The average Bonchev–Trinajstić information content (AvgIpc) is 2.90. The van der Waals surface area contributed by atoms with Crippen LogP contribution in [-0.4, -0.2) is 9.36 Å². The fourth-order valence-corrected chi connectivity index (χ4v) is 3.37. The van der Waals surface area contributed by atoms with E-state index in [1.165, 1.54) is 0 Å². The van der Waals surface area contributed by atoms with E-state index in [4.69, 9.17) is 0 Å². The monoisotopic (exact) mass is 307 g/mol. The summed E-state index contributed by atoms with van der Waals surface area (Å²) in [5.41, 5.74) is 0.703. The van der Waals surface area contributed by atoms with Crippen molar-refractivity contribution in [3.05, 3.63) is 75.3 Å². The van der Waals surface area contributed by atoms with Crippen molar-refractivity contribution in [3.63, 3.8) is 0 Å². The van der Waals surface area contributed by atoms with Gasteiger partial charge in [-0.25, -0.2) is 9.36 Å². The largest absolute Gasteiger partial charge is 0.364 e. The molecule has 5 heteroatoms. The number of hydrogen-bond donors (Lipinski definition) is 1. The lowest BCUT2D eigenvalue weighted by Gasteiger charge is -2.17. The molecule has 1 N–H and O–H groups in total. The minimum absolute atomic E-state index is 0.0268. The summed E-state index contributed by atoms with van der Waals surface area (Å²) in [6, 6.07) is 16.7. The Hall–Kier alpha value is -2.82. The van der Waals surface area contributed by atoms with E-state index in [9.17, 15) is 9.59 Å². The van der Waals surface area contributed by atoms with Gasteiger partial charge in [-0.15, -0.1) is 0 Å². The first kappa shape index (κ1) is 13.8. The summed E-state index contributed by atoms with van der Waals surface area (Å²) in [6.45, 7) is 1.97. The van der Waals surface area contributed by atoms with Crippen molar-refractivity contribution >= 4 is 16.5 Å².